The van der Waals surface area contributed by atoms with Crippen molar-refractivity contribution in [2.24, 2.45) is 5.92 Å². The predicted octanol–water partition coefficient (Wildman–Crippen LogP) is 1.23. The van der Waals surface area contributed by atoms with Crippen molar-refractivity contribution in [2.75, 3.05) is 19.7 Å². The van der Waals surface area contributed by atoms with E-state index in [-0.39, 0.29) is 30.9 Å². The van der Waals surface area contributed by atoms with Crippen LogP contribution < -0.4 is 20.3 Å². The SMILES string of the molecule is CC(C)(C)OC(=O)N1CC(CC(=O)NNC(=O)C2COc3ccccc3O2)C1. The van der Waals surface area contributed by atoms with Crippen LogP contribution in [0.3, 0.4) is 0 Å². The van der Waals surface area contributed by atoms with Gasteiger partial charge < -0.3 is 19.1 Å². The standard InChI is InChI=1S/C19H25N3O6/c1-19(2,3)28-18(25)22-9-12(10-22)8-16(23)20-21-17(24)15-11-26-13-6-4-5-7-14(13)27-15/h4-7,12,15H,8-11H2,1-3H3,(H,20,23)(H,21,24). The van der Waals surface area contributed by atoms with Crippen molar-refractivity contribution in [3.05, 3.63) is 24.3 Å². The van der Waals surface area contributed by atoms with E-state index in [0.717, 1.165) is 0 Å². The average Bonchev–Trinajstić information content (AvgIpc) is 2.60. The summed E-state index contributed by atoms with van der Waals surface area (Å²) in [7, 11) is 0. The lowest BCUT2D eigenvalue weighted by Crippen LogP contribution is -2.54. The molecule has 2 aliphatic rings. The van der Waals surface area contributed by atoms with E-state index < -0.39 is 17.6 Å². The van der Waals surface area contributed by atoms with Crippen LogP contribution in [0.2, 0.25) is 0 Å². The molecule has 2 N–H and O–H groups in total. The van der Waals surface area contributed by atoms with Crippen LogP contribution >= 0.6 is 0 Å². The van der Waals surface area contributed by atoms with Gasteiger partial charge >= 0.3 is 6.09 Å². The van der Waals surface area contributed by atoms with Crippen molar-refractivity contribution in [1.82, 2.24) is 15.8 Å². The second kappa shape index (κ2) is 7.95. The predicted molar refractivity (Wildman–Crippen MR) is 98.6 cm³/mol. The van der Waals surface area contributed by atoms with Crippen molar-refractivity contribution in [3.8, 4) is 11.5 Å². The Morgan fingerprint density at radius 1 is 1.14 bits per heavy atom. The fraction of sp³-hybridized carbons (Fsp3) is 0.526. The summed E-state index contributed by atoms with van der Waals surface area (Å²) in [6, 6.07) is 7.06. The van der Waals surface area contributed by atoms with Gasteiger partial charge in [-0.05, 0) is 32.9 Å². The van der Waals surface area contributed by atoms with Gasteiger partial charge in [0, 0.05) is 25.4 Å². The molecule has 0 spiro atoms. The van der Waals surface area contributed by atoms with E-state index >= 15 is 0 Å². The Kier molecular flexibility index (Phi) is 5.62. The summed E-state index contributed by atoms with van der Waals surface area (Å²) in [5.74, 6) is 0.267. The monoisotopic (exact) mass is 391 g/mol. The first-order valence-corrected chi connectivity index (χ1v) is 9.16. The highest BCUT2D eigenvalue weighted by atomic mass is 16.6. The third kappa shape index (κ3) is 5.05. The topological polar surface area (TPSA) is 106 Å². The van der Waals surface area contributed by atoms with Gasteiger partial charge in [0.1, 0.15) is 12.2 Å². The first kappa shape index (κ1) is 19.8. The van der Waals surface area contributed by atoms with Gasteiger partial charge in [0.15, 0.2) is 11.5 Å². The van der Waals surface area contributed by atoms with Crippen LogP contribution in [0.25, 0.3) is 0 Å². The van der Waals surface area contributed by atoms with Crippen LogP contribution in [0.5, 0.6) is 11.5 Å². The fourth-order valence-corrected chi connectivity index (χ4v) is 2.85. The highest BCUT2D eigenvalue weighted by Crippen LogP contribution is 2.30. The maximum Gasteiger partial charge on any atom is 0.410 e. The largest absolute Gasteiger partial charge is 0.485 e. The second-order valence-corrected chi connectivity index (χ2v) is 7.86. The lowest BCUT2D eigenvalue weighted by Gasteiger charge is -2.39. The lowest BCUT2D eigenvalue weighted by molar-refractivity contribution is -0.135. The molecule has 0 aliphatic carbocycles. The van der Waals surface area contributed by atoms with Crippen molar-refractivity contribution < 1.29 is 28.6 Å². The summed E-state index contributed by atoms with van der Waals surface area (Å²) in [4.78, 5) is 37.6. The van der Waals surface area contributed by atoms with Crippen molar-refractivity contribution in [2.45, 2.75) is 38.9 Å². The van der Waals surface area contributed by atoms with Gasteiger partial charge in [-0.2, -0.15) is 0 Å². The molecule has 1 aromatic rings. The van der Waals surface area contributed by atoms with Crippen molar-refractivity contribution >= 4 is 17.9 Å². The fourth-order valence-electron chi connectivity index (χ4n) is 2.85. The molecule has 152 valence electrons. The highest BCUT2D eigenvalue weighted by molar-refractivity contribution is 5.85. The molecule has 0 bridgehead atoms. The van der Waals surface area contributed by atoms with Gasteiger partial charge in [0.2, 0.25) is 12.0 Å². The van der Waals surface area contributed by atoms with Crippen LogP contribution in [-0.4, -0.2) is 54.2 Å². The number of ether oxygens (including phenoxy) is 3. The number of amides is 3. The van der Waals surface area contributed by atoms with Crippen LogP contribution in [0.4, 0.5) is 4.79 Å². The normalized spacial score (nSPS) is 18.7. The van der Waals surface area contributed by atoms with Gasteiger partial charge in [-0.25, -0.2) is 4.79 Å². The van der Waals surface area contributed by atoms with E-state index in [1.807, 2.05) is 6.07 Å². The van der Waals surface area contributed by atoms with Gasteiger partial charge in [0.25, 0.3) is 5.91 Å². The minimum absolute atomic E-state index is 0.0329. The molecule has 3 amide bonds. The summed E-state index contributed by atoms with van der Waals surface area (Å²) in [6.45, 7) is 6.37. The molecule has 9 heteroatoms. The number of rotatable bonds is 3. The number of nitrogens with one attached hydrogen (secondary N) is 2. The van der Waals surface area contributed by atoms with E-state index in [0.29, 0.717) is 24.6 Å². The summed E-state index contributed by atoms with van der Waals surface area (Å²) in [6.07, 6.45) is -1.03. The molecule has 3 rings (SSSR count). The number of fused-ring (bicyclic) bond motifs is 1. The molecule has 1 unspecified atom stereocenters. The third-order valence-corrected chi connectivity index (χ3v) is 4.21. The first-order valence-electron chi connectivity index (χ1n) is 9.16. The number of hydrogen-bond acceptors (Lipinski definition) is 6. The maximum absolute atomic E-state index is 12.2. The molecule has 0 aromatic heterocycles. The first-order chi connectivity index (χ1) is 13.2. The average molecular weight is 391 g/mol. The van der Waals surface area contributed by atoms with E-state index in [4.69, 9.17) is 14.2 Å². The number of para-hydroxylation sites is 2. The van der Waals surface area contributed by atoms with E-state index in [1.54, 1.807) is 43.9 Å². The van der Waals surface area contributed by atoms with Gasteiger partial charge in [-0.15, -0.1) is 0 Å². The number of hydrazine groups is 1. The highest BCUT2D eigenvalue weighted by Gasteiger charge is 2.35. The van der Waals surface area contributed by atoms with Crippen LogP contribution in [0.15, 0.2) is 24.3 Å². The van der Waals surface area contributed by atoms with Gasteiger partial charge in [-0.1, -0.05) is 12.1 Å². The molecule has 0 radical (unpaired) electrons. The van der Waals surface area contributed by atoms with Crippen molar-refractivity contribution in [3.63, 3.8) is 0 Å². The molecule has 2 heterocycles. The van der Waals surface area contributed by atoms with Crippen molar-refractivity contribution in [1.29, 1.82) is 0 Å². The van der Waals surface area contributed by atoms with Crippen LogP contribution in [-0.2, 0) is 14.3 Å². The summed E-state index contributed by atoms with van der Waals surface area (Å²) >= 11 is 0. The Morgan fingerprint density at radius 3 is 2.50 bits per heavy atom. The molecule has 28 heavy (non-hydrogen) atoms. The molecule has 2 aliphatic heterocycles. The zero-order valence-electron chi connectivity index (χ0n) is 16.2. The Bertz CT molecular complexity index is 754. The Labute approximate surface area is 163 Å². The molecular weight excluding hydrogens is 366 g/mol. The minimum Gasteiger partial charge on any atom is -0.485 e. The number of likely N-dealkylation sites (tertiary alicyclic amines) is 1. The molecule has 1 atom stereocenters. The Morgan fingerprint density at radius 2 is 1.82 bits per heavy atom. The molecule has 1 saturated heterocycles. The number of carbonyl (C=O) groups excluding carboxylic acids is 3. The zero-order valence-corrected chi connectivity index (χ0v) is 16.2. The second-order valence-electron chi connectivity index (χ2n) is 7.86. The number of nitrogens with zero attached hydrogens (tertiary/aromatic N) is 1. The molecule has 1 fully saturated rings. The van der Waals surface area contributed by atoms with Crippen LogP contribution in [0.1, 0.15) is 27.2 Å². The number of carbonyl (C=O) groups is 3. The van der Waals surface area contributed by atoms with Crippen LogP contribution in [0, 0.1) is 5.92 Å². The smallest absolute Gasteiger partial charge is 0.410 e. The Hall–Kier alpha value is -2.97. The number of benzene rings is 1. The lowest BCUT2D eigenvalue weighted by atomic mass is 9.97. The summed E-state index contributed by atoms with van der Waals surface area (Å²) in [5, 5.41) is 0. The Balaban J connectivity index is 1.35. The summed E-state index contributed by atoms with van der Waals surface area (Å²) in [5.41, 5.74) is 4.18. The third-order valence-electron chi connectivity index (χ3n) is 4.21. The minimum atomic E-state index is -0.846. The number of hydrogen-bond donors (Lipinski definition) is 2. The molecule has 1 aromatic carbocycles. The van der Waals surface area contributed by atoms with E-state index in [2.05, 4.69) is 10.9 Å². The summed E-state index contributed by atoms with van der Waals surface area (Å²) < 4.78 is 16.3. The van der Waals surface area contributed by atoms with Gasteiger partial charge in [0.05, 0.1) is 0 Å². The molecule has 0 saturated carbocycles. The zero-order chi connectivity index (χ0) is 20.3. The quantitative estimate of drug-likeness (QED) is 0.751. The van der Waals surface area contributed by atoms with Gasteiger partial charge in [-0.3, -0.25) is 20.4 Å². The molecule has 9 nitrogen and oxygen atoms in total. The maximum atomic E-state index is 12.2. The molecular formula is C19H25N3O6. The van der Waals surface area contributed by atoms with E-state index in [1.165, 1.54) is 0 Å². The van der Waals surface area contributed by atoms with E-state index in [9.17, 15) is 14.4 Å².